The Morgan fingerprint density at radius 2 is 2.19 bits per heavy atom. The van der Waals surface area contributed by atoms with Gasteiger partial charge in [-0.1, -0.05) is 0 Å². The van der Waals surface area contributed by atoms with Gasteiger partial charge in [-0.15, -0.1) is 0 Å². The summed E-state index contributed by atoms with van der Waals surface area (Å²) in [5.41, 5.74) is 5.91. The lowest BCUT2D eigenvalue weighted by atomic mass is 10.3. The fraction of sp³-hybridized carbons (Fsp3) is 0.500. The lowest BCUT2D eigenvalue weighted by molar-refractivity contribution is 0.231. The molecular formula is C12H17FN2O. The van der Waals surface area contributed by atoms with E-state index in [0.29, 0.717) is 18.0 Å². The van der Waals surface area contributed by atoms with Crippen LogP contribution in [-0.4, -0.2) is 31.1 Å². The van der Waals surface area contributed by atoms with Crippen molar-refractivity contribution in [1.29, 1.82) is 0 Å². The molecule has 0 aromatic heterocycles. The number of hydrogen-bond acceptors (Lipinski definition) is 3. The molecule has 0 atom stereocenters. The van der Waals surface area contributed by atoms with E-state index in [0.717, 1.165) is 12.6 Å². The fourth-order valence-corrected chi connectivity index (χ4v) is 1.67. The summed E-state index contributed by atoms with van der Waals surface area (Å²) >= 11 is 0. The number of nitrogens with zero attached hydrogens (tertiary/aromatic N) is 1. The summed E-state index contributed by atoms with van der Waals surface area (Å²) in [6.45, 7) is 1.43. The molecule has 0 radical (unpaired) electrons. The van der Waals surface area contributed by atoms with Crippen LogP contribution in [0.4, 0.5) is 10.1 Å². The fourth-order valence-electron chi connectivity index (χ4n) is 1.67. The summed E-state index contributed by atoms with van der Waals surface area (Å²) in [4.78, 5) is 2.27. The van der Waals surface area contributed by atoms with Crippen LogP contribution in [0.5, 0.6) is 5.75 Å². The van der Waals surface area contributed by atoms with E-state index in [1.807, 2.05) is 0 Å². The van der Waals surface area contributed by atoms with Gasteiger partial charge in [-0.3, -0.25) is 0 Å². The lowest BCUT2D eigenvalue weighted by Crippen LogP contribution is -2.26. The van der Waals surface area contributed by atoms with Gasteiger partial charge >= 0.3 is 0 Å². The van der Waals surface area contributed by atoms with Crippen LogP contribution in [0.25, 0.3) is 0 Å². The minimum Gasteiger partial charge on any atom is -0.492 e. The molecule has 88 valence electrons. The number of likely N-dealkylation sites (N-methyl/N-ethyl adjacent to an activating group) is 1. The lowest BCUT2D eigenvalue weighted by Gasteiger charge is -2.15. The minimum absolute atomic E-state index is 0.356. The monoisotopic (exact) mass is 224 g/mol. The van der Waals surface area contributed by atoms with Crippen molar-refractivity contribution in [3.05, 3.63) is 24.0 Å². The van der Waals surface area contributed by atoms with Crippen LogP contribution in [0.1, 0.15) is 12.8 Å². The first kappa shape index (κ1) is 11.2. The average molecular weight is 224 g/mol. The first-order chi connectivity index (χ1) is 7.65. The van der Waals surface area contributed by atoms with E-state index in [4.69, 9.17) is 10.5 Å². The van der Waals surface area contributed by atoms with Crippen LogP contribution < -0.4 is 10.5 Å². The average Bonchev–Trinajstić information content (AvgIpc) is 2.98. The van der Waals surface area contributed by atoms with Gasteiger partial charge in [0, 0.05) is 30.4 Å². The van der Waals surface area contributed by atoms with Gasteiger partial charge in [0.1, 0.15) is 18.2 Å². The second-order valence-electron chi connectivity index (χ2n) is 4.28. The number of benzene rings is 1. The van der Waals surface area contributed by atoms with Crippen LogP contribution in [0.3, 0.4) is 0 Å². The molecule has 2 N–H and O–H groups in total. The molecule has 1 aliphatic carbocycles. The summed E-state index contributed by atoms with van der Waals surface area (Å²) in [5.74, 6) is 0.146. The summed E-state index contributed by atoms with van der Waals surface area (Å²) in [6, 6.07) is 5.00. The van der Waals surface area contributed by atoms with E-state index >= 15 is 0 Å². The van der Waals surface area contributed by atoms with Crippen LogP contribution in [0.2, 0.25) is 0 Å². The topological polar surface area (TPSA) is 38.5 Å². The van der Waals surface area contributed by atoms with Crippen molar-refractivity contribution in [2.75, 3.05) is 25.9 Å². The number of rotatable bonds is 5. The van der Waals surface area contributed by atoms with Crippen molar-refractivity contribution in [2.24, 2.45) is 0 Å². The number of hydrogen-bond donors (Lipinski definition) is 1. The van der Waals surface area contributed by atoms with Crippen molar-refractivity contribution >= 4 is 5.69 Å². The summed E-state index contributed by atoms with van der Waals surface area (Å²) in [7, 11) is 2.08. The quantitative estimate of drug-likeness (QED) is 0.776. The van der Waals surface area contributed by atoms with Crippen molar-refractivity contribution < 1.29 is 9.13 Å². The molecule has 0 spiro atoms. The molecule has 1 saturated carbocycles. The highest BCUT2D eigenvalue weighted by Gasteiger charge is 2.25. The molecule has 4 heteroatoms. The van der Waals surface area contributed by atoms with Crippen LogP contribution in [0, 0.1) is 5.82 Å². The van der Waals surface area contributed by atoms with E-state index in [2.05, 4.69) is 11.9 Å². The minimum atomic E-state index is -0.356. The van der Waals surface area contributed by atoms with Crippen LogP contribution >= 0.6 is 0 Å². The predicted octanol–water partition coefficient (Wildman–Crippen LogP) is 1.88. The standard InChI is InChI=1S/C12H17FN2O/c1-15(11-2-3-11)4-5-16-12-7-9(13)6-10(14)8-12/h6-8,11H,2-5,14H2,1H3. The molecule has 0 heterocycles. The molecule has 1 aromatic rings. The Hall–Kier alpha value is -1.29. The van der Waals surface area contributed by atoms with Gasteiger partial charge in [-0.05, 0) is 26.0 Å². The van der Waals surface area contributed by atoms with Gasteiger partial charge < -0.3 is 15.4 Å². The number of ether oxygens (including phenoxy) is 1. The number of nitrogens with two attached hydrogens (primary N) is 1. The molecular weight excluding hydrogens is 207 g/mol. The number of anilines is 1. The second kappa shape index (κ2) is 4.70. The maximum absolute atomic E-state index is 13.0. The van der Waals surface area contributed by atoms with Crippen LogP contribution in [0.15, 0.2) is 18.2 Å². The summed E-state index contributed by atoms with van der Waals surface area (Å²) in [5, 5.41) is 0. The molecule has 1 aromatic carbocycles. The molecule has 0 bridgehead atoms. The van der Waals surface area contributed by atoms with E-state index in [1.165, 1.54) is 25.0 Å². The molecule has 16 heavy (non-hydrogen) atoms. The zero-order chi connectivity index (χ0) is 11.5. The van der Waals surface area contributed by atoms with Gasteiger partial charge in [-0.2, -0.15) is 0 Å². The van der Waals surface area contributed by atoms with Gasteiger partial charge in [-0.25, -0.2) is 4.39 Å². The highest BCUT2D eigenvalue weighted by Crippen LogP contribution is 2.25. The Morgan fingerprint density at radius 3 is 2.81 bits per heavy atom. The van der Waals surface area contributed by atoms with Gasteiger partial charge in [0.05, 0.1) is 0 Å². The summed E-state index contributed by atoms with van der Waals surface area (Å²) in [6.07, 6.45) is 2.56. The zero-order valence-corrected chi connectivity index (χ0v) is 9.45. The molecule has 0 saturated heterocycles. The Morgan fingerprint density at radius 1 is 1.44 bits per heavy atom. The van der Waals surface area contributed by atoms with E-state index in [-0.39, 0.29) is 5.82 Å². The normalized spacial score (nSPS) is 15.4. The van der Waals surface area contributed by atoms with Crippen molar-refractivity contribution in [1.82, 2.24) is 4.90 Å². The van der Waals surface area contributed by atoms with Crippen molar-refractivity contribution in [3.8, 4) is 5.75 Å². The second-order valence-corrected chi connectivity index (χ2v) is 4.28. The first-order valence-electron chi connectivity index (χ1n) is 5.54. The maximum atomic E-state index is 13.0. The number of halogens is 1. The molecule has 1 fully saturated rings. The third kappa shape index (κ3) is 3.10. The summed E-state index contributed by atoms with van der Waals surface area (Å²) < 4.78 is 18.4. The van der Waals surface area contributed by atoms with Gasteiger partial charge in [0.2, 0.25) is 0 Å². The van der Waals surface area contributed by atoms with Crippen molar-refractivity contribution in [2.45, 2.75) is 18.9 Å². The molecule has 2 rings (SSSR count). The zero-order valence-electron chi connectivity index (χ0n) is 9.45. The molecule has 0 unspecified atom stereocenters. The van der Waals surface area contributed by atoms with E-state index in [9.17, 15) is 4.39 Å². The SMILES string of the molecule is CN(CCOc1cc(N)cc(F)c1)C1CC1. The van der Waals surface area contributed by atoms with E-state index in [1.54, 1.807) is 6.07 Å². The Balaban J connectivity index is 1.79. The highest BCUT2D eigenvalue weighted by molar-refractivity contribution is 5.44. The number of nitrogen functional groups attached to an aromatic ring is 1. The smallest absolute Gasteiger partial charge is 0.128 e. The Kier molecular flexibility index (Phi) is 3.29. The molecule has 1 aliphatic rings. The van der Waals surface area contributed by atoms with Crippen molar-refractivity contribution in [3.63, 3.8) is 0 Å². The molecule has 0 aliphatic heterocycles. The highest BCUT2D eigenvalue weighted by atomic mass is 19.1. The maximum Gasteiger partial charge on any atom is 0.128 e. The predicted molar refractivity (Wildman–Crippen MR) is 62.0 cm³/mol. The van der Waals surface area contributed by atoms with Crippen LogP contribution in [-0.2, 0) is 0 Å². The Labute approximate surface area is 95.0 Å². The largest absolute Gasteiger partial charge is 0.492 e. The molecule has 3 nitrogen and oxygen atoms in total. The first-order valence-corrected chi connectivity index (χ1v) is 5.54. The third-order valence-electron chi connectivity index (χ3n) is 2.78. The van der Waals surface area contributed by atoms with Gasteiger partial charge in [0.15, 0.2) is 0 Å². The van der Waals surface area contributed by atoms with E-state index < -0.39 is 0 Å². The Bertz CT molecular complexity index is 346. The molecule has 0 amide bonds. The third-order valence-corrected chi connectivity index (χ3v) is 2.78. The van der Waals surface area contributed by atoms with Gasteiger partial charge in [0.25, 0.3) is 0 Å².